The molecule has 2 fully saturated rings. The number of carbonyl (C=O) groups is 2. The number of hydrogen-bond acceptors (Lipinski definition) is 3. The Balaban J connectivity index is 1.19. The first kappa shape index (κ1) is 21.3. The molecule has 6 nitrogen and oxygen atoms in total. The van der Waals surface area contributed by atoms with Crippen molar-refractivity contribution in [3.8, 4) is 0 Å². The van der Waals surface area contributed by atoms with Crippen molar-refractivity contribution in [3.05, 3.63) is 69.6 Å². The first-order chi connectivity index (χ1) is 15.1. The molecule has 1 aliphatic heterocycles. The lowest BCUT2D eigenvalue weighted by atomic mass is 9.89. The van der Waals surface area contributed by atoms with Crippen molar-refractivity contribution in [2.24, 2.45) is 11.8 Å². The molecule has 164 valence electrons. The minimum absolute atomic E-state index is 0.0137. The molecule has 1 aromatic heterocycles. The third-order valence-corrected chi connectivity index (χ3v) is 6.41. The van der Waals surface area contributed by atoms with Gasteiger partial charge in [0.15, 0.2) is 0 Å². The molecule has 31 heavy (non-hydrogen) atoms. The predicted octanol–water partition coefficient (Wildman–Crippen LogP) is 2.93. The molecule has 0 spiro atoms. The van der Waals surface area contributed by atoms with Gasteiger partial charge >= 0.3 is 0 Å². The van der Waals surface area contributed by atoms with Crippen LogP contribution < -0.4 is 10.9 Å². The normalized spacial score (nSPS) is 16.8. The third kappa shape index (κ3) is 6.29. The van der Waals surface area contributed by atoms with E-state index < -0.39 is 0 Å². The lowest BCUT2D eigenvalue weighted by Gasteiger charge is -2.32. The van der Waals surface area contributed by atoms with Gasteiger partial charge in [-0.05, 0) is 67.6 Å². The highest BCUT2D eigenvalue weighted by Crippen LogP contribution is 2.27. The Morgan fingerprint density at radius 3 is 2.29 bits per heavy atom. The summed E-state index contributed by atoms with van der Waals surface area (Å²) in [5.41, 5.74) is 2.85. The fourth-order valence-electron chi connectivity index (χ4n) is 4.17. The van der Waals surface area contributed by atoms with Gasteiger partial charge in [0.2, 0.25) is 11.5 Å². The van der Waals surface area contributed by atoms with Crippen LogP contribution in [0.3, 0.4) is 0 Å². The summed E-state index contributed by atoms with van der Waals surface area (Å²) >= 11 is 0. The van der Waals surface area contributed by atoms with Crippen LogP contribution in [0.15, 0.2) is 47.4 Å². The van der Waals surface area contributed by atoms with Crippen molar-refractivity contribution < 1.29 is 9.59 Å². The minimum atomic E-state index is -0.196. The van der Waals surface area contributed by atoms with E-state index >= 15 is 0 Å². The van der Waals surface area contributed by atoms with Crippen LogP contribution in [-0.2, 0) is 17.6 Å². The molecule has 2 aromatic rings. The van der Waals surface area contributed by atoms with Gasteiger partial charge in [-0.2, -0.15) is 0 Å². The van der Waals surface area contributed by atoms with E-state index in [0.717, 1.165) is 51.2 Å². The number of likely N-dealkylation sites (tertiary alicyclic amines) is 1. The Hall–Kier alpha value is -2.89. The molecule has 2 heterocycles. The monoisotopic (exact) mass is 421 g/mol. The van der Waals surface area contributed by atoms with Crippen molar-refractivity contribution in [2.75, 3.05) is 19.6 Å². The molecule has 2 aliphatic rings. The summed E-state index contributed by atoms with van der Waals surface area (Å²) < 4.78 is 0. The van der Waals surface area contributed by atoms with Gasteiger partial charge in [-0.1, -0.05) is 24.3 Å². The Kier molecular flexibility index (Phi) is 6.85. The zero-order valence-corrected chi connectivity index (χ0v) is 17.9. The number of piperidine rings is 1. The Morgan fingerprint density at radius 1 is 0.935 bits per heavy atom. The van der Waals surface area contributed by atoms with Crippen LogP contribution in [0.5, 0.6) is 0 Å². The molecule has 0 radical (unpaired) electrons. The maximum atomic E-state index is 12.6. The molecule has 0 atom stereocenters. The van der Waals surface area contributed by atoms with Crippen LogP contribution in [-0.4, -0.2) is 41.3 Å². The Morgan fingerprint density at radius 2 is 1.65 bits per heavy atom. The maximum absolute atomic E-state index is 12.6. The van der Waals surface area contributed by atoms with Gasteiger partial charge in [0, 0.05) is 38.3 Å². The standard InChI is InChI=1S/C25H31N3O3/c29-23(26-16-21-5-6-21)9-7-18-1-3-19(4-2-18)15-20-11-13-28(14-12-20)25(31)22-8-10-24(30)27-17-22/h1-4,8,10,17,20-21H,5-7,9,11-16H2,(H,26,29)(H,27,30). The van der Waals surface area contributed by atoms with Gasteiger partial charge in [0.05, 0.1) is 5.56 Å². The van der Waals surface area contributed by atoms with E-state index in [1.165, 1.54) is 36.2 Å². The van der Waals surface area contributed by atoms with E-state index in [2.05, 4.69) is 34.6 Å². The number of nitrogens with one attached hydrogen (secondary N) is 2. The van der Waals surface area contributed by atoms with Crippen LogP contribution in [0, 0.1) is 11.8 Å². The Labute approximate surface area is 183 Å². The molecule has 1 saturated carbocycles. The summed E-state index contributed by atoms with van der Waals surface area (Å²) in [6, 6.07) is 11.6. The highest BCUT2D eigenvalue weighted by molar-refractivity contribution is 5.93. The van der Waals surface area contributed by atoms with E-state index in [4.69, 9.17) is 0 Å². The van der Waals surface area contributed by atoms with Crippen molar-refractivity contribution >= 4 is 11.8 Å². The molecule has 1 aromatic carbocycles. The van der Waals surface area contributed by atoms with Crippen molar-refractivity contribution in [2.45, 2.75) is 44.9 Å². The van der Waals surface area contributed by atoms with Gasteiger partial charge in [-0.3, -0.25) is 14.4 Å². The van der Waals surface area contributed by atoms with Crippen LogP contribution in [0.1, 0.15) is 53.6 Å². The van der Waals surface area contributed by atoms with E-state index in [0.29, 0.717) is 17.9 Å². The summed E-state index contributed by atoms with van der Waals surface area (Å²) in [6.07, 6.45) is 8.32. The quantitative estimate of drug-likeness (QED) is 0.688. The topological polar surface area (TPSA) is 82.3 Å². The van der Waals surface area contributed by atoms with E-state index in [-0.39, 0.29) is 17.4 Å². The Bertz CT molecular complexity index is 934. The van der Waals surface area contributed by atoms with E-state index in [1.807, 2.05) is 4.90 Å². The van der Waals surface area contributed by atoms with Gasteiger partial charge < -0.3 is 15.2 Å². The first-order valence-electron chi connectivity index (χ1n) is 11.4. The highest BCUT2D eigenvalue weighted by atomic mass is 16.2. The lowest BCUT2D eigenvalue weighted by molar-refractivity contribution is -0.121. The molecular formula is C25H31N3O3. The molecule has 0 bridgehead atoms. The highest BCUT2D eigenvalue weighted by Gasteiger charge is 2.24. The van der Waals surface area contributed by atoms with Crippen LogP contribution in [0.2, 0.25) is 0 Å². The molecule has 1 aliphatic carbocycles. The predicted molar refractivity (Wildman–Crippen MR) is 120 cm³/mol. The van der Waals surface area contributed by atoms with Gasteiger partial charge in [-0.25, -0.2) is 0 Å². The number of aromatic nitrogens is 1. The number of amides is 2. The van der Waals surface area contributed by atoms with Crippen molar-refractivity contribution in [1.29, 1.82) is 0 Å². The van der Waals surface area contributed by atoms with Crippen LogP contribution in [0.4, 0.5) is 0 Å². The van der Waals surface area contributed by atoms with Crippen LogP contribution >= 0.6 is 0 Å². The summed E-state index contributed by atoms with van der Waals surface area (Å²) in [7, 11) is 0. The third-order valence-electron chi connectivity index (χ3n) is 6.41. The van der Waals surface area contributed by atoms with Gasteiger partial charge in [0.1, 0.15) is 0 Å². The molecule has 0 unspecified atom stereocenters. The fraction of sp³-hybridized carbons (Fsp3) is 0.480. The summed E-state index contributed by atoms with van der Waals surface area (Å²) in [5.74, 6) is 1.43. The van der Waals surface area contributed by atoms with E-state index in [1.54, 1.807) is 6.07 Å². The maximum Gasteiger partial charge on any atom is 0.255 e. The first-order valence-corrected chi connectivity index (χ1v) is 11.4. The summed E-state index contributed by atoms with van der Waals surface area (Å²) in [4.78, 5) is 40.1. The van der Waals surface area contributed by atoms with Crippen LogP contribution in [0.25, 0.3) is 0 Å². The number of rotatable bonds is 8. The second-order valence-electron chi connectivity index (χ2n) is 8.95. The average Bonchev–Trinajstić information content (AvgIpc) is 3.62. The number of carbonyl (C=O) groups excluding carboxylic acids is 2. The number of benzene rings is 1. The SMILES string of the molecule is O=C(CCc1ccc(CC2CCN(C(=O)c3ccc(=O)[nH]c3)CC2)cc1)NCC1CC1. The summed E-state index contributed by atoms with van der Waals surface area (Å²) in [6.45, 7) is 2.33. The molecule has 2 amide bonds. The molecule has 4 rings (SSSR count). The largest absolute Gasteiger partial charge is 0.356 e. The second kappa shape index (κ2) is 9.94. The number of aromatic amines is 1. The number of hydrogen-bond donors (Lipinski definition) is 2. The number of H-pyrrole nitrogens is 1. The fourth-order valence-corrected chi connectivity index (χ4v) is 4.17. The van der Waals surface area contributed by atoms with E-state index in [9.17, 15) is 14.4 Å². The lowest BCUT2D eigenvalue weighted by Crippen LogP contribution is -2.39. The second-order valence-corrected chi connectivity index (χ2v) is 8.95. The summed E-state index contributed by atoms with van der Waals surface area (Å²) in [5, 5.41) is 3.02. The zero-order valence-electron chi connectivity index (χ0n) is 17.9. The smallest absolute Gasteiger partial charge is 0.255 e. The number of nitrogens with zero attached hydrogens (tertiary/aromatic N) is 1. The number of aryl methyl sites for hydroxylation is 1. The molecular weight excluding hydrogens is 390 g/mol. The number of pyridine rings is 1. The van der Waals surface area contributed by atoms with Gasteiger partial charge in [-0.15, -0.1) is 0 Å². The van der Waals surface area contributed by atoms with Gasteiger partial charge in [0.25, 0.3) is 5.91 Å². The molecule has 2 N–H and O–H groups in total. The molecule has 6 heteroatoms. The molecule has 1 saturated heterocycles. The average molecular weight is 422 g/mol. The minimum Gasteiger partial charge on any atom is -0.356 e. The van der Waals surface area contributed by atoms with Crippen molar-refractivity contribution in [3.63, 3.8) is 0 Å². The van der Waals surface area contributed by atoms with Crippen molar-refractivity contribution in [1.82, 2.24) is 15.2 Å². The zero-order chi connectivity index (χ0) is 21.6.